The third kappa shape index (κ3) is 1.24. The Hall–Kier alpha value is -1.31. The van der Waals surface area contributed by atoms with Crippen LogP contribution in [0.3, 0.4) is 0 Å². The molecule has 0 saturated carbocycles. The van der Waals surface area contributed by atoms with E-state index < -0.39 is 0 Å². The second-order valence-electron chi connectivity index (χ2n) is 2.57. The van der Waals surface area contributed by atoms with Crippen LogP contribution in [0.1, 0.15) is 11.5 Å². The molecule has 11 heavy (non-hydrogen) atoms. The zero-order valence-corrected chi connectivity index (χ0v) is 6.10. The van der Waals surface area contributed by atoms with Crippen LogP contribution in [-0.2, 0) is 4.84 Å². The highest BCUT2D eigenvalue weighted by molar-refractivity contribution is 5.68. The molecule has 0 spiro atoms. The van der Waals surface area contributed by atoms with Crippen molar-refractivity contribution in [3.8, 4) is 0 Å². The Labute approximate surface area is 65.5 Å². The Bertz CT molecular complexity index is 256. The minimum absolute atomic E-state index is 0.358. The van der Waals surface area contributed by atoms with E-state index in [1.54, 1.807) is 0 Å². The molecule has 1 aromatic carbocycles. The van der Waals surface area contributed by atoms with Gasteiger partial charge in [-0.05, 0) is 5.56 Å². The summed E-state index contributed by atoms with van der Waals surface area (Å²) in [6, 6.07) is 10.2. The zero-order valence-electron chi connectivity index (χ0n) is 6.10. The number of oxime groups is 1. The van der Waals surface area contributed by atoms with Crippen molar-refractivity contribution >= 4 is 6.21 Å². The molecule has 0 aliphatic carbocycles. The van der Waals surface area contributed by atoms with Crippen molar-refractivity contribution in [2.24, 2.45) is 5.16 Å². The highest BCUT2D eigenvalue weighted by Gasteiger charge is 2.13. The lowest BCUT2D eigenvalue weighted by Crippen LogP contribution is -1.99. The zero-order chi connectivity index (χ0) is 7.52. The molecule has 2 heteroatoms. The number of hydrogen-bond acceptors (Lipinski definition) is 2. The van der Waals surface area contributed by atoms with Gasteiger partial charge in [-0.25, -0.2) is 0 Å². The van der Waals surface area contributed by atoms with Crippen LogP contribution in [0.15, 0.2) is 35.5 Å². The lowest BCUT2D eigenvalue weighted by Gasteiger charge is -2.02. The molecule has 0 aromatic heterocycles. The first kappa shape index (κ1) is 6.40. The Balaban J connectivity index is 2.23. The first-order valence-electron chi connectivity index (χ1n) is 3.67. The van der Waals surface area contributed by atoms with E-state index in [1.807, 2.05) is 24.4 Å². The summed E-state index contributed by atoms with van der Waals surface area (Å²) < 4.78 is 0. The first-order valence-corrected chi connectivity index (χ1v) is 3.67. The van der Waals surface area contributed by atoms with Gasteiger partial charge in [0, 0.05) is 0 Å². The molecule has 0 radical (unpaired) electrons. The largest absolute Gasteiger partial charge is 0.395 e. The van der Waals surface area contributed by atoms with Gasteiger partial charge in [-0.3, -0.25) is 0 Å². The van der Waals surface area contributed by atoms with E-state index in [2.05, 4.69) is 17.3 Å². The molecule has 2 rings (SSSR count). The van der Waals surface area contributed by atoms with Crippen LogP contribution in [0.5, 0.6) is 0 Å². The van der Waals surface area contributed by atoms with Crippen molar-refractivity contribution in [3.63, 3.8) is 0 Å². The summed E-state index contributed by atoms with van der Waals surface area (Å²) in [5.41, 5.74) is 1.27. The molecule has 0 unspecified atom stereocenters. The van der Waals surface area contributed by atoms with E-state index in [4.69, 9.17) is 4.84 Å². The lowest BCUT2D eigenvalue weighted by molar-refractivity contribution is 0.166. The van der Waals surface area contributed by atoms with E-state index in [0.29, 0.717) is 12.5 Å². The van der Waals surface area contributed by atoms with Gasteiger partial charge in [0.2, 0.25) is 0 Å². The molecule has 1 aromatic rings. The molecular formula is C9H9NO. The lowest BCUT2D eigenvalue weighted by atomic mass is 10.0. The molecule has 1 aliphatic heterocycles. The summed E-state index contributed by atoms with van der Waals surface area (Å²) in [4.78, 5) is 4.88. The van der Waals surface area contributed by atoms with Crippen LogP contribution < -0.4 is 0 Å². The van der Waals surface area contributed by atoms with Crippen molar-refractivity contribution in [2.45, 2.75) is 5.92 Å². The molecule has 0 saturated heterocycles. The molecule has 1 atom stereocenters. The van der Waals surface area contributed by atoms with E-state index in [9.17, 15) is 0 Å². The van der Waals surface area contributed by atoms with E-state index in [-0.39, 0.29) is 0 Å². The van der Waals surface area contributed by atoms with Gasteiger partial charge in [0.15, 0.2) is 0 Å². The number of nitrogens with zero attached hydrogens (tertiary/aromatic N) is 1. The van der Waals surface area contributed by atoms with Crippen LogP contribution >= 0.6 is 0 Å². The summed E-state index contributed by atoms with van der Waals surface area (Å²) in [7, 11) is 0. The number of rotatable bonds is 1. The van der Waals surface area contributed by atoms with Crippen LogP contribution in [0.2, 0.25) is 0 Å². The molecule has 0 N–H and O–H groups in total. The van der Waals surface area contributed by atoms with E-state index in [0.717, 1.165) is 0 Å². The van der Waals surface area contributed by atoms with Gasteiger partial charge < -0.3 is 4.84 Å². The minimum Gasteiger partial charge on any atom is -0.395 e. The number of benzene rings is 1. The average Bonchev–Trinajstić information content (AvgIpc) is 2.58. The predicted molar refractivity (Wildman–Crippen MR) is 43.6 cm³/mol. The first-order chi connectivity index (χ1) is 5.47. The third-order valence-corrected chi connectivity index (χ3v) is 1.80. The fraction of sp³-hybridized carbons (Fsp3) is 0.222. The topological polar surface area (TPSA) is 21.6 Å². The van der Waals surface area contributed by atoms with Gasteiger partial charge in [-0.1, -0.05) is 35.5 Å². The Morgan fingerprint density at radius 3 is 2.73 bits per heavy atom. The summed E-state index contributed by atoms with van der Waals surface area (Å²) in [6.45, 7) is 0.685. The average molecular weight is 147 g/mol. The molecular weight excluding hydrogens is 138 g/mol. The van der Waals surface area contributed by atoms with Gasteiger partial charge >= 0.3 is 0 Å². The fourth-order valence-electron chi connectivity index (χ4n) is 1.17. The van der Waals surface area contributed by atoms with Crippen LogP contribution in [-0.4, -0.2) is 12.8 Å². The molecule has 56 valence electrons. The normalized spacial score (nSPS) is 21.6. The highest BCUT2D eigenvalue weighted by Crippen LogP contribution is 2.17. The molecule has 1 aliphatic rings. The Kier molecular flexibility index (Phi) is 1.60. The monoisotopic (exact) mass is 147 g/mol. The predicted octanol–water partition coefficient (Wildman–Crippen LogP) is 1.79. The molecule has 0 bridgehead atoms. The maximum Gasteiger partial charge on any atom is 0.129 e. The fourth-order valence-corrected chi connectivity index (χ4v) is 1.17. The van der Waals surface area contributed by atoms with Crippen molar-refractivity contribution < 1.29 is 4.84 Å². The van der Waals surface area contributed by atoms with Gasteiger partial charge in [-0.2, -0.15) is 0 Å². The van der Waals surface area contributed by atoms with Gasteiger partial charge in [0.05, 0.1) is 12.1 Å². The molecule has 0 amide bonds. The third-order valence-electron chi connectivity index (χ3n) is 1.80. The maximum absolute atomic E-state index is 4.88. The second-order valence-corrected chi connectivity index (χ2v) is 2.57. The van der Waals surface area contributed by atoms with Gasteiger partial charge in [0.1, 0.15) is 6.61 Å². The van der Waals surface area contributed by atoms with Crippen molar-refractivity contribution in [3.05, 3.63) is 35.9 Å². The van der Waals surface area contributed by atoms with Crippen molar-refractivity contribution in [2.75, 3.05) is 6.61 Å². The Morgan fingerprint density at radius 2 is 2.09 bits per heavy atom. The van der Waals surface area contributed by atoms with Crippen LogP contribution in [0, 0.1) is 0 Å². The summed E-state index contributed by atoms with van der Waals surface area (Å²) in [5, 5.41) is 3.72. The molecule has 1 heterocycles. The van der Waals surface area contributed by atoms with Crippen molar-refractivity contribution in [1.29, 1.82) is 0 Å². The van der Waals surface area contributed by atoms with Gasteiger partial charge in [0.25, 0.3) is 0 Å². The van der Waals surface area contributed by atoms with Crippen LogP contribution in [0.4, 0.5) is 0 Å². The second kappa shape index (κ2) is 2.74. The van der Waals surface area contributed by atoms with Gasteiger partial charge in [-0.15, -0.1) is 0 Å². The standard InChI is InChI=1S/C9H9NO/c1-2-4-8(5-3-1)9-6-10-11-7-9/h1-6,9H,7H2/t9-/m0/s1. The van der Waals surface area contributed by atoms with Crippen molar-refractivity contribution in [1.82, 2.24) is 0 Å². The maximum atomic E-state index is 4.88. The smallest absolute Gasteiger partial charge is 0.129 e. The quantitative estimate of drug-likeness (QED) is 0.593. The Morgan fingerprint density at radius 1 is 1.27 bits per heavy atom. The summed E-state index contributed by atoms with van der Waals surface area (Å²) in [5.74, 6) is 0.358. The molecule has 0 fully saturated rings. The minimum atomic E-state index is 0.358. The number of hydrogen-bond donors (Lipinski definition) is 0. The summed E-state index contributed by atoms with van der Waals surface area (Å²) >= 11 is 0. The SMILES string of the molecule is C1=NOC[C@H]1c1ccccc1. The van der Waals surface area contributed by atoms with Crippen LogP contribution in [0.25, 0.3) is 0 Å². The summed E-state index contributed by atoms with van der Waals surface area (Å²) in [6.07, 6.45) is 1.84. The highest BCUT2D eigenvalue weighted by atomic mass is 16.6. The van der Waals surface area contributed by atoms with E-state index in [1.165, 1.54) is 5.56 Å². The molecule has 2 nitrogen and oxygen atoms in total. The van der Waals surface area contributed by atoms with E-state index >= 15 is 0 Å².